The molecule has 0 radical (unpaired) electrons. The van der Waals surface area contributed by atoms with E-state index >= 15 is 0 Å². The predicted octanol–water partition coefficient (Wildman–Crippen LogP) is 1.82. The molecule has 1 unspecified atom stereocenters. The molecule has 3 rings (SSSR count). The third kappa shape index (κ3) is 4.62. The molecule has 0 spiro atoms. The summed E-state index contributed by atoms with van der Waals surface area (Å²) >= 11 is 0. The normalized spacial score (nSPS) is 18.6. The summed E-state index contributed by atoms with van der Waals surface area (Å²) in [6.45, 7) is 3.78. The van der Waals surface area contributed by atoms with Gasteiger partial charge in [-0.25, -0.2) is 4.79 Å². The summed E-state index contributed by atoms with van der Waals surface area (Å²) in [7, 11) is 1.48. The molecule has 2 aliphatic heterocycles. The van der Waals surface area contributed by atoms with Crippen LogP contribution in [0.5, 0.6) is 0 Å². The van der Waals surface area contributed by atoms with Crippen molar-refractivity contribution in [2.75, 3.05) is 39.9 Å². The van der Waals surface area contributed by atoms with Gasteiger partial charge in [-0.2, -0.15) is 13.2 Å². The molecule has 11 heteroatoms. The highest BCUT2D eigenvalue weighted by atomic mass is 19.4. The summed E-state index contributed by atoms with van der Waals surface area (Å²) in [6, 6.07) is 2.83. The molecule has 0 fully saturated rings. The maximum absolute atomic E-state index is 13.6. The van der Waals surface area contributed by atoms with Gasteiger partial charge < -0.3 is 20.3 Å². The minimum atomic E-state index is -4.68. The molecule has 8 nitrogen and oxygen atoms in total. The first kappa shape index (κ1) is 23.3. The van der Waals surface area contributed by atoms with Crippen LogP contribution in [-0.4, -0.2) is 67.5 Å². The van der Waals surface area contributed by atoms with E-state index in [9.17, 15) is 27.6 Å². The fourth-order valence-electron chi connectivity index (χ4n) is 3.76. The third-order valence-electron chi connectivity index (χ3n) is 5.15. The first-order valence-corrected chi connectivity index (χ1v) is 9.82. The van der Waals surface area contributed by atoms with Gasteiger partial charge in [-0.3, -0.25) is 14.5 Å². The lowest BCUT2D eigenvalue weighted by molar-refractivity contribution is -0.138. The van der Waals surface area contributed by atoms with Gasteiger partial charge >= 0.3 is 12.2 Å². The van der Waals surface area contributed by atoms with Crippen molar-refractivity contribution in [3.05, 3.63) is 59.3 Å². The van der Waals surface area contributed by atoms with Gasteiger partial charge in [-0.05, 0) is 11.6 Å². The molecule has 2 heterocycles. The quantitative estimate of drug-likeness (QED) is 0.465. The van der Waals surface area contributed by atoms with Crippen LogP contribution in [0.4, 0.5) is 18.0 Å². The van der Waals surface area contributed by atoms with Crippen molar-refractivity contribution in [3.63, 3.8) is 0 Å². The second kappa shape index (κ2) is 9.43. The Morgan fingerprint density at radius 3 is 2.72 bits per heavy atom. The van der Waals surface area contributed by atoms with Gasteiger partial charge in [0.05, 0.1) is 36.0 Å². The van der Waals surface area contributed by atoms with Crippen LogP contribution in [0.3, 0.4) is 0 Å². The Morgan fingerprint density at radius 2 is 2.06 bits per heavy atom. The summed E-state index contributed by atoms with van der Waals surface area (Å²) in [5, 5.41) is 5.11. The molecular weight excluding hydrogens is 429 g/mol. The van der Waals surface area contributed by atoms with E-state index in [1.807, 2.05) is 0 Å². The predicted molar refractivity (Wildman–Crippen MR) is 108 cm³/mol. The number of rotatable bonds is 8. The average Bonchev–Trinajstić information content (AvgIpc) is 3.05. The largest absolute Gasteiger partial charge is 0.416 e. The summed E-state index contributed by atoms with van der Waals surface area (Å²) in [5.41, 5.74) is -0.921. The highest BCUT2D eigenvalue weighted by molar-refractivity contribution is 6.03. The van der Waals surface area contributed by atoms with Crippen LogP contribution in [0.2, 0.25) is 0 Å². The number of hydrogen-bond donors (Lipinski definition) is 2. The summed E-state index contributed by atoms with van der Waals surface area (Å²) < 4.78 is 45.7. The van der Waals surface area contributed by atoms with Crippen molar-refractivity contribution in [1.82, 2.24) is 20.4 Å². The molecule has 0 aromatic heterocycles. The molecule has 1 aromatic rings. The molecule has 4 amide bonds. The van der Waals surface area contributed by atoms with Crippen molar-refractivity contribution in [2.24, 2.45) is 0 Å². The molecule has 0 saturated carbocycles. The van der Waals surface area contributed by atoms with Crippen LogP contribution < -0.4 is 10.6 Å². The second-order valence-electron chi connectivity index (χ2n) is 7.23. The molecule has 0 saturated heterocycles. The molecule has 0 aliphatic carbocycles. The Balaban J connectivity index is 1.97. The molecule has 2 aliphatic rings. The zero-order chi connectivity index (χ0) is 23.5. The zero-order valence-electron chi connectivity index (χ0n) is 17.4. The van der Waals surface area contributed by atoms with Crippen LogP contribution in [0.15, 0.2) is 48.2 Å². The highest BCUT2D eigenvalue weighted by Crippen LogP contribution is 2.41. The minimum absolute atomic E-state index is 0.00726. The van der Waals surface area contributed by atoms with Gasteiger partial charge in [0.25, 0.3) is 5.91 Å². The zero-order valence-corrected chi connectivity index (χ0v) is 17.4. The van der Waals surface area contributed by atoms with Crippen LogP contribution in [0.1, 0.15) is 17.2 Å². The number of benzene rings is 1. The van der Waals surface area contributed by atoms with Gasteiger partial charge in [-0.1, -0.05) is 24.3 Å². The number of carbonyl (C=O) groups excluding carboxylic acids is 3. The third-order valence-corrected chi connectivity index (χ3v) is 5.15. The van der Waals surface area contributed by atoms with Crippen molar-refractivity contribution in [2.45, 2.75) is 12.2 Å². The number of urea groups is 1. The van der Waals surface area contributed by atoms with E-state index in [-0.39, 0.29) is 49.6 Å². The Hall–Kier alpha value is -3.34. The van der Waals surface area contributed by atoms with Crippen molar-refractivity contribution >= 4 is 17.8 Å². The molecule has 0 bridgehead atoms. The summed E-state index contributed by atoms with van der Waals surface area (Å²) in [5.74, 6) is -1.06. The number of nitrogens with one attached hydrogen (secondary N) is 2. The number of ether oxygens (including phenoxy) is 1. The lowest BCUT2D eigenvalue weighted by Crippen LogP contribution is -2.47. The first-order chi connectivity index (χ1) is 15.2. The lowest BCUT2D eigenvalue weighted by Gasteiger charge is -2.33. The Labute approximate surface area is 182 Å². The Morgan fingerprint density at radius 1 is 1.34 bits per heavy atom. The monoisotopic (exact) mass is 452 g/mol. The van der Waals surface area contributed by atoms with E-state index in [2.05, 4.69) is 17.2 Å². The number of alkyl halides is 3. The van der Waals surface area contributed by atoms with E-state index in [0.717, 1.165) is 6.07 Å². The van der Waals surface area contributed by atoms with E-state index in [1.165, 1.54) is 41.2 Å². The van der Waals surface area contributed by atoms with E-state index < -0.39 is 35.6 Å². The van der Waals surface area contributed by atoms with Gasteiger partial charge in [-0.15, -0.1) is 6.58 Å². The molecule has 172 valence electrons. The van der Waals surface area contributed by atoms with Crippen LogP contribution in [0, 0.1) is 0 Å². The van der Waals surface area contributed by atoms with Gasteiger partial charge in [0.15, 0.2) is 0 Å². The topological polar surface area (TPSA) is 91.0 Å². The maximum Gasteiger partial charge on any atom is 0.416 e. The standard InChI is InChI=1S/C21H23F3N4O4/c1-3-9-28-15-11-27(12-16(29)25-8-10-32-2)19(30)17(15)18(26-20(28)31)13-6-4-5-7-14(13)21(22,23)24/h3-7,18H,1,8-12H2,2H3,(H,25,29)(H,26,31). The van der Waals surface area contributed by atoms with Gasteiger partial charge in [0.2, 0.25) is 5.91 Å². The second-order valence-corrected chi connectivity index (χ2v) is 7.23. The molecule has 2 N–H and O–H groups in total. The van der Waals surface area contributed by atoms with Crippen LogP contribution in [-0.2, 0) is 20.5 Å². The summed E-state index contributed by atoms with van der Waals surface area (Å²) in [4.78, 5) is 40.5. The van der Waals surface area contributed by atoms with Gasteiger partial charge in [0, 0.05) is 20.2 Å². The average molecular weight is 452 g/mol. The van der Waals surface area contributed by atoms with Crippen LogP contribution in [0.25, 0.3) is 0 Å². The van der Waals surface area contributed by atoms with Crippen molar-refractivity contribution < 1.29 is 32.3 Å². The molecule has 1 atom stereocenters. The number of carbonyl (C=O) groups is 3. The van der Waals surface area contributed by atoms with E-state index in [1.54, 1.807) is 0 Å². The fourth-order valence-corrected chi connectivity index (χ4v) is 3.76. The number of nitrogens with zero attached hydrogens (tertiary/aromatic N) is 2. The molecule has 32 heavy (non-hydrogen) atoms. The van der Waals surface area contributed by atoms with E-state index in [4.69, 9.17) is 4.74 Å². The number of halogens is 3. The van der Waals surface area contributed by atoms with Crippen molar-refractivity contribution in [3.8, 4) is 0 Å². The van der Waals surface area contributed by atoms with Gasteiger partial charge in [0.1, 0.15) is 6.54 Å². The maximum atomic E-state index is 13.6. The SMILES string of the molecule is C=CCN1C(=O)NC(c2ccccc2C(F)(F)F)C2=C1CN(CC(=O)NCCOC)C2=O. The van der Waals surface area contributed by atoms with Crippen molar-refractivity contribution in [1.29, 1.82) is 0 Å². The Kier molecular flexibility index (Phi) is 6.87. The number of methoxy groups -OCH3 is 1. The lowest BCUT2D eigenvalue weighted by atomic mass is 9.91. The highest BCUT2D eigenvalue weighted by Gasteiger charge is 2.46. The van der Waals surface area contributed by atoms with Crippen LogP contribution >= 0.6 is 0 Å². The fraction of sp³-hybridized carbons (Fsp3) is 0.381. The molecule has 1 aromatic carbocycles. The first-order valence-electron chi connectivity index (χ1n) is 9.82. The molecular formula is C21H23F3N4O4. The number of amides is 4. The smallest absolute Gasteiger partial charge is 0.383 e. The Bertz CT molecular complexity index is 961. The number of hydrogen-bond acceptors (Lipinski definition) is 4. The summed E-state index contributed by atoms with van der Waals surface area (Å²) in [6.07, 6.45) is -3.23. The van der Waals surface area contributed by atoms with E-state index in [0.29, 0.717) is 0 Å². The minimum Gasteiger partial charge on any atom is -0.383 e.